The van der Waals surface area contributed by atoms with Gasteiger partial charge in [-0.1, -0.05) is 24.3 Å². The Morgan fingerprint density at radius 2 is 1.86 bits per heavy atom. The smallest absolute Gasteiger partial charge is 0.183 e. The van der Waals surface area contributed by atoms with E-state index in [2.05, 4.69) is 9.97 Å². The molecule has 1 fully saturated rings. The van der Waals surface area contributed by atoms with Crippen LogP contribution in [0.3, 0.4) is 0 Å². The molecule has 5 heteroatoms. The zero-order valence-electron chi connectivity index (χ0n) is 11.9. The molecule has 0 bridgehead atoms. The number of halogens is 1. The average molecular weight is 286 g/mol. The van der Waals surface area contributed by atoms with Crippen molar-refractivity contribution in [2.45, 2.75) is 19.3 Å². The highest BCUT2D eigenvalue weighted by Crippen LogP contribution is 2.24. The predicted octanol–water partition coefficient (Wildman–Crippen LogP) is 2.38. The van der Waals surface area contributed by atoms with Gasteiger partial charge in [-0.3, -0.25) is 0 Å². The Labute approximate surface area is 123 Å². The Kier molecular flexibility index (Phi) is 4.10. The Bertz CT molecular complexity index is 606. The summed E-state index contributed by atoms with van der Waals surface area (Å²) >= 11 is 0. The van der Waals surface area contributed by atoms with Crippen molar-refractivity contribution >= 4 is 5.82 Å². The van der Waals surface area contributed by atoms with E-state index in [0.717, 1.165) is 37.9 Å². The summed E-state index contributed by atoms with van der Waals surface area (Å²) in [6.45, 7) is 2.36. The van der Waals surface area contributed by atoms with Crippen molar-refractivity contribution in [2.75, 3.05) is 24.5 Å². The van der Waals surface area contributed by atoms with Crippen molar-refractivity contribution < 1.29 is 4.39 Å². The van der Waals surface area contributed by atoms with Crippen LogP contribution in [0.25, 0.3) is 11.4 Å². The normalized spacial score (nSPS) is 14.7. The lowest BCUT2D eigenvalue weighted by Gasteiger charge is -2.17. The lowest BCUT2D eigenvalue weighted by atomic mass is 10.1. The molecule has 110 valence electrons. The highest BCUT2D eigenvalue weighted by molar-refractivity contribution is 5.58. The summed E-state index contributed by atoms with van der Waals surface area (Å²) in [7, 11) is 0. The van der Waals surface area contributed by atoms with Gasteiger partial charge in [0.05, 0.1) is 6.20 Å². The van der Waals surface area contributed by atoms with Crippen LogP contribution in [0.4, 0.5) is 10.2 Å². The summed E-state index contributed by atoms with van der Waals surface area (Å²) in [6.07, 6.45) is 4.30. The second-order valence-corrected chi connectivity index (χ2v) is 5.29. The van der Waals surface area contributed by atoms with Crippen molar-refractivity contribution in [3.8, 4) is 11.4 Å². The van der Waals surface area contributed by atoms with Gasteiger partial charge in [0.15, 0.2) is 17.5 Å². The molecule has 2 heterocycles. The molecule has 21 heavy (non-hydrogen) atoms. The molecule has 1 aromatic heterocycles. The lowest BCUT2D eigenvalue weighted by Crippen LogP contribution is -2.21. The molecule has 2 N–H and O–H groups in total. The predicted molar refractivity (Wildman–Crippen MR) is 81.6 cm³/mol. The third-order valence-electron chi connectivity index (χ3n) is 3.78. The van der Waals surface area contributed by atoms with Crippen LogP contribution in [0.5, 0.6) is 0 Å². The van der Waals surface area contributed by atoms with Crippen molar-refractivity contribution in [1.29, 1.82) is 0 Å². The fourth-order valence-corrected chi connectivity index (χ4v) is 2.64. The maximum atomic E-state index is 13.9. The van der Waals surface area contributed by atoms with E-state index in [9.17, 15) is 4.39 Å². The maximum Gasteiger partial charge on any atom is 0.183 e. The van der Waals surface area contributed by atoms with Gasteiger partial charge in [0, 0.05) is 18.7 Å². The third kappa shape index (κ3) is 3.03. The van der Waals surface area contributed by atoms with Crippen LogP contribution in [-0.2, 0) is 6.42 Å². The summed E-state index contributed by atoms with van der Waals surface area (Å²) in [5, 5.41) is 0. The number of hydrogen-bond donors (Lipinski definition) is 1. The molecule has 1 aromatic carbocycles. The number of benzene rings is 1. The Morgan fingerprint density at radius 3 is 2.52 bits per heavy atom. The van der Waals surface area contributed by atoms with E-state index in [-0.39, 0.29) is 5.82 Å². The average Bonchev–Trinajstić information content (AvgIpc) is 3.03. The van der Waals surface area contributed by atoms with Crippen LogP contribution in [0.15, 0.2) is 30.5 Å². The summed E-state index contributed by atoms with van der Waals surface area (Å²) < 4.78 is 13.9. The van der Waals surface area contributed by atoms with Crippen LogP contribution >= 0.6 is 0 Å². The van der Waals surface area contributed by atoms with E-state index in [1.165, 1.54) is 11.8 Å². The molecule has 1 aliphatic rings. The van der Waals surface area contributed by atoms with Gasteiger partial charge < -0.3 is 10.6 Å². The lowest BCUT2D eigenvalue weighted by molar-refractivity contribution is 0.609. The highest BCUT2D eigenvalue weighted by Gasteiger charge is 2.18. The summed E-state index contributed by atoms with van der Waals surface area (Å²) in [5.41, 5.74) is 7.63. The maximum absolute atomic E-state index is 13.9. The van der Waals surface area contributed by atoms with Crippen molar-refractivity contribution in [1.82, 2.24) is 9.97 Å². The number of aromatic nitrogens is 2. The standard InChI is InChI=1S/C16H19FN4/c17-14-11-19-15(20-16(14)21-9-1-2-10-21)13-5-3-12(4-6-13)7-8-18/h3-6,11H,1-2,7-10,18H2. The van der Waals surface area contributed by atoms with E-state index in [0.29, 0.717) is 18.2 Å². The Hall–Kier alpha value is -2.01. The molecule has 4 nitrogen and oxygen atoms in total. The van der Waals surface area contributed by atoms with Crippen molar-refractivity contribution in [3.05, 3.63) is 41.8 Å². The highest BCUT2D eigenvalue weighted by atomic mass is 19.1. The zero-order chi connectivity index (χ0) is 14.7. The molecule has 0 amide bonds. The largest absolute Gasteiger partial charge is 0.354 e. The van der Waals surface area contributed by atoms with Crippen molar-refractivity contribution in [3.63, 3.8) is 0 Å². The van der Waals surface area contributed by atoms with Gasteiger partial charge in [-0.15, -0.1) is 0 Å². The second kappa shape index (κ2) is 6.18. The summed E-state index contributed by atoms with van der Waals surface area (Å²) in [5.74, 6) is 0.640. The van der Waals surface area contributed by atoms with Crippen molar-refractivity contribution in [2.24, 2.45) is 5.73 Å². The number of rotatable bonds is 4. The molecule has 0 spiro atoms. The fourth-order valence-electron chi connectivity index (χ4n) is 2.64. The number of anilines is 1. The molecule has 1 aliphatic heterocycles. The molecule has 0 aliphatic carbocycles. The third-order valence-corrected chi connectivity index (χ3v) is 3.78. The van der Waals surface area contributed by atoms with Crippen LogP contribution in [-0.4, -0.2) is 29.6 Å². The van der Waals surface area contributed by atoms with Crippen LogP contribution in [0.2, 0.25) is 0 Å². The first-order chi connectivity index (χ1) is 10.3. The molecule has 0 unspecified atom stereocenters. The van der Waals surface area contributed by atoms with E-state index in [1.54, 1.807) is 0 Å². The van der Waals surface area contributed by atoms with Gasteiger partial charge >= 0.3 is 0 Å². The molecule has 3 rings (SSSR count). The molecule has 1 saturated heterocycles. The Balaban J connectivity index is 1.89. The van der Waals surface area contributed by atoms with Crippen LogP contribution in [0.1, 0.15) is 18.4 Å². The number of nitrogens with two attached hydrogens (primary N) is 1. The molecular weight excluding hydrogens is 267 g/mol. The molecular formula is C16H19FN4. The number of hydrogen-bond acceptors (Lipinski definition) is 4. The topological polar surface area (TPSA) is 55.0 Å². The first-order valence-corrected chi connectivity index (χ1v) is 7.35. The first-order valence-electron chi connectivity index (χ1n) is 7.35. The SMILES string of the molecule is NCCc1ccc(-c2ncc(F)c(N3CCCC3)n2)cc1. The first kappa shape index (κ1) is 13.9. The fraction of sp³-hybridized carbons (Fsp3) is 0.375. The molecule has 0 saturated carbocycles. The van der Waals surface area contributed by atoms with Gasteiger partial charge in [0.25, 0.3) is 0 Å². The van der Waals surface area contributed by atoms with Gasteiger partial charge in [-0.25, -0.2) is 14.4 Å². The molecule has 0 atom stereocenters. The van der Waals surface area contributed by atoms with Gasteiger partial charge in [-0.05, 0) is 31.4 Å². The molecule has 2 aromatic rings. The Morgan fingerprint density at radius 1 is 1.14 bits per heavy atom. The minimum absolute atomic E-state index is 0.347. The van der Waals surface area contributed by atoms with E-state index in [1.807, 2.05) is 29.2 Å². The van der Waals surface area contributed by atoms with E-state index < -0.39 is 0 Å². The number of nitrogens with zero attached hydrogens (tertiary/aromatic N) is 3. The summed E-state index contributed by atoms with van der Waals surface area (Å²) in [6, 6.07) is 7.97. The minimum Gasteiger partial charge on any atom is -0.354 e. The summed E-state index contributed by atoms with van der Waals surface area (Å²) in [4.78, 5) is 10.5. The van der Waals surface area contributed by atoms with Gasteiger partial charge in [-0.2, -0.15) is 0 Å². The van der Waals surface area contributed by atoms with Gasteiger partial charge in [0.2, 0.25) is 0 Å². The van der Waals surface area contributed by atoms with E-state index in [4.69, 9.17) is 5.73 Å². The zero-order valence-corrected chi connectivity index (χ0v) is 11.9. The van der Waals surface area contributed by atoms with Crippen LogP contribution < -0.4 is 10.6 Å². The quantitative estimate of drug-likeness (QED) is 0.937. The minimum atomic E-state index is -0.347. The second-order valence-electron chi connectivity index (χ2n) is 5.29. The van der Waals surface area contributed by atoms with Gasteiger partial charge in [0.1, 0.15) is 0 Å². The molecule has 0 radical (unpaired) electrons. The van der Waals surface area contributed by atoms with E-state index >= 15 is 0 Å². The monoisotopic (exact) mass is 286 g/mol. The van der Waals surface area contributed by atoms with Crippen LogP contribution in [0, 0.1) is 5.82 Å².